The summed E-state index contributed by atoms with van der Waals surface area (Å²) >= 11 is 0. The first kappa shape index (κ1) is 24.2. The number of aliphatic hydroxyl groups excluding tert-OH is 1. The van der Waals surface area contributed by atoms with Gasteiger partial charge in [-0.1, -0.05) is 58.8 Å². The Morgan fingerprint density at radius 3 is 2.44 bits per heavy atom. The molecule has 4 aliphatic carbocycles. The van der Waals surface area contributed by atoms with Gasteiger partial charge in [0.2, 0.25) is 0 Å². The van der Waals surface area contributed by atoms with Crippen LogP contribution in [-0.2, 0) is 4.79 Å². The predicted octanol–water partition coefficient (Wildman–Crippen LogP) is 7.66. The maximum absolute atomic E-state index is 13.9. The minimum Gasteiger partial charge on any atom is -0.393 e. The summed E-state index contributed by atoms with van der Waals surface area (Å²) in [6, 6.07) is 0. The van der Waals surface area contributed by atoms with Crippen LogP contribution in [0.1, 0.15) is 113 Å². The Morgan fingerprint density at radius 2 is 1.78 bits per heavy atom. The van der Waals surface area contributed by atoms with E-state index in [2.05, 4.69) is 61.5 Å². The van der Waals surface area contributed by atoms with Crippen molar-refractivity contribution in [3.63, 3.8) is 0 Å². The second-order valence-corrected chi connectivity index (χ2v) is 13.6. The molecule has 0 radical (unpaired) electrons. The predicted molar refractivity (Wildman–Crippen MR) is 133 cm³/mol. The molecule has 180 valence electrons. The summed E-state index contributed by atoms with van der Waals surface area (Å²) in [5.41, 5.74) is 4.28. The molecule has 1 N–H and O–H groups in total. The van der Waals surface area contributed by atoms with Crippen LogP contribution in [-0.4, -0.2) is 17.0 Å². The second kappa shape index (κ2) is 7.82. The highest BCUT2D eigenvalue weighted by atomic mass is 16.3. The van der Waals surface area contributed by atoms with Crippen LogP contribution >= 0.6 is 0 Å². The third-order valence-corrected chi connectivity index (χ3v) is 11.5. The van der Waals surface area contributed by atoms with Gasteiger partial charge < -0.3 is 5.11 Å². The average Bonchev–Trinajstić information content (AvgIpc) is 2.98. The van der Waals surface area contributed by atoms with E-state index in [-0.39, 0.29) is 33.7 Å². The van der Waals surface area contributed by atoms with E-state index in [1.165, 1.54) is 48.8 Å². The molecule has 4 aliphatic rings. The smallest absolute Gasteiger partial charge is 0.159 e. The molecule has 2 heteroatoms. The van der Waals surface area contributed by atoms with Crippen molar-refractivity contribution < 1.29 is 9.90 Å². The van der Waals surface area contributed by atoms with Crippen LogP contribution in [0.3, 0.4) is 0 Å². The first-order valence-electron chi connectivity index (χ1n) is 13.4. The second-order valence-electron chi connectivity index (χ2n) is 13.6. The van der Waals surface area contributed by atoms with Gasteiger partial charge in [0.05, 0.1) is 6.10 Å². The van der Waals surface area contributed by atoms with Gasteiger partial charge >= 0.3 is 0 Å². The van der Waals surface area contributed by atoms with Crippen LogP contribution < -0.4 is 0 Å². The molecule has 0 heterocycles. The monoisotopic (exact) mass is 440 g/mol. The minimum absolute atomic E-state index is 0.0152. The van der Waals surface area contributed by atoms with Gasteiger partial charge in [0, 0.05) is 17.4 Å². The molecule has 4 rings (SSSR count). The number of Topliss-reactive ketones (excluding diaryl/α,β-unsaturated/α-hetero) is 1. The number of hydrogen-bond donors (Lipinski definition) is 1. The molecule has 0 aliphatic heterocycles. The van der Waals surface area contributed by atoms with Gasteiger partial charge in [0.25, 0.3) is 0 Å². The van der Waals surface area contributed by atoms with Gasteiger partial charge in [-0.2, -0.15) is 0 Å². The number of carbonyl (C=O) groups excluding carboxylic acids is 1. The first-order valence-corrected chi connectivity index (χ1v) is 13.4. The zero-order chi connectivity index (χ0) is 23.7. The summed E-state index contributed by atoms with van der Waals surface area (Å²) in [6.07, 6.45) is 11.8. The molecule has 7 atom stereocenters. The van der Waals surface area contributed by atoms with Crippen LogP contribution in [0.2, 0.25) is 0 Å². The molecule has 32 heavy (non-hydrogen) atoms. The van der Waals surface area contributed by atoms with Crippen molar-refractivity contribution in [2.45, 2.75) is 119 Å². The van der Waals surface area contributed by atoms with E-state index in [1.807, 2.05) is 0 Å². The van der Waals surface area contributed by atoms with Crippen LogP contribution in [0.5, 0.6) is 0 Å². The van der Waals surface area contributed by atoms with Crippen molar-refractivity contribution in [2.75, 3.05) is 0 Å². The molecular weight excluding hydrogens is 392 g/mol. The molecule has 0 bridgehead atoms. The Hall–Kier alpha value is -0.890. The molecule has 0 spiro atoms. The van der Waals surface area contributed by atoms with Crippen molar-refractivity contribution >= 4 is 5.78 Å². The fourth-order valence-electron chi connectivity index (χ4n) is 9.14. The molecule has 2 saturated carbocycles. The number of allylic oxidation sites excluding steroid dienone is 4. The van der Waals surface area contributed by atoms with Gasteiger partial charge in [-0.3, -0.25) is 4.79 Å². The highest BCUT2D eigenvalue weighted by Gasteiger charge is 2.65. The highest BCUT2D eigenvalue weighted by Crippen LogP contribution is 2.71. The van der Waals surface area contributed by atoms with Crippen molar-refractivity contribution in [1.29, 1.82) is 0 Å². The largest absolute Gasteiger partial charge is 0.393 e. The number of aliphatic hydroxyl groups is 1. The third kappa shape index (κ3) is 3.25. The van der Waals surface area contributed by atoms with Crippen molar-refractivity contribution in [2.24, 2.45) is 39.4 Å². The van der Waals surface area contributed by atoms with Gasteiger partial charge in [-0.25, -0.2) is 0 Å². The number of fused-ring (bicyclic) bond motifs is 4. The van der Waals surface area contributed by atoms with E-state index in [1.54, 1.807) is 0 Å². The maximum atomic E-state index is 13.9. The lowest BCUT2D eigenvalue weighted by molar-refractivity contribution is -0.134. The van der Waals surface area contributed by atoms with Crippen LogP contribution in [0.4, 0.5) is 0 Å². The fourth-order valence-corrected chi connectivity index (χ4v) is 9.14. The van der Waals surface area contributed by atoms with Crippen LogP contribution in [0, 0.1) is 39.4 Å². The molecular formula is C30H48O2. The maximum Gasteiger partial charge on any atom is 0.159 e. The first-order chi connectivity index (χ1) is 14.8. The Balaban J connectivity index is 1.70. The zero-order valence-corrected chi connectivity index (χ0v) is 22.1. The lowest BCUT2D eigenvalue weighted by Crippen LogP contribution is -2.57. The topological polar surface area (TPSA) is 37.3 Å². The van der Waals surface area contributed by atoms with Crippen LogP contribution in [0.25, 0.3) is 0 Å². The van der Waals surface area contributed by atoms with Crippen molar-refractivity contribution in [3.05, 3.63) is 22.8 Å². The number of rotatable bonds is 4. The van der Waals surface area contributed by atoms with E-state index >= 15 is 0 Å². The molecule has 2 fully saturated rings. The highest BCUT2D eigenvalue weighted by molar-refractivity contribution is 5.99. The third-order valence-electron chi connectivity index (χ3n) is 11.5. The van der Waals surface area contributed by atoms with Crippen molar-refractivity contribution in [1.82, 2.24) is 0 Å². The lowest BCUT2D eigenvalue weighted by Gasteiger charge is -2.61. The summed E-state index contributed by atoms with van der Waals surface area (Å²) in [5.74, 6) is 2.08. The Kier molecular flexibility index (Phi) is 5.93. The van der Waals surface area contributed by atoms with E-state index in [4.69, 9.17) is 0 Å². The van der Waals surface area contributed by atoms with Crippen LogP contribution in [0.15, 0.2) is 22.8 Å². The van der Waals surface area contributed by atoms with E-state index in [0.717, 1.165) is 19.3 Å². The average molecular weight is 441 g/mol. The summed E-state index contributed by atoms with van der Waals surface area (Å²) in [4.78, 5) is 13.9. The summed E-state index contributed by atoms with van der Waals surface area (Å²) in [7, 11) is 0. The Morgan fingerprint density at radius 1 is 1.09 bits per heavy atom. The zero-order valence-electron chi connectivity index (χ0n) is 22.1. The molecule has 0 aromatic rings. The normalized spacial score (nSPS) is 43.9. The van der Waals surface area contributed by atoms with Gasteiger partial charge in [-0.15, -0.1) is 0 Å². The molecule has 0 aromatic carbocycles. The van der Waals surface area contributed by atoms with E-state index in [0.29, 0.717) is 24.0 Å². The minimum atomic E-state index is -0.294. The van der Waals surface area contributed by atoms with Crippen molar-refractivity contribution in [3.8, 4) is 0 Å². The Bertz CT molecular complexity index is 843. The van der Waals surface area contributed by atoms with Gasteiger partial charge in [-0.05, 0) is 99.2 Å². The molecule has 2 nitrogen and oxygen atoms in total. The van der Waals surface area contributed by atoms with Gasteiger partial charge in [0.1, 0.15) is 0 Å². The van der Waals surface area contributed by atoms with E-state index < -0.39 is 0 Å². The number of carbonyl (C=O) groups is 1. The fraction of sp³-hybridized carbons (Fsp3) is 0.833. The quantitative estimate of drug-likeness (QED) is 0.456. The lowest BCUT2D eigenvalue weighted by atomic mass is 9.43. The Labute approximate surface area is 197 Å². The standard InChI is InChI=1S/C30H48O2/c1-19(2)10-9-11-20(3)21-12-17-30(8)26-22(13-16-29(21,30)7)28(6)15-14-25(32)27(4,5)24(28)18-23(26)31/h10,20-21,24-25,32H,9,11-18H2,1-8H3/t20-,21+,24?,25+,28-,29+,30-/m1/s1. The molecule has 1 unspecified atom stereocenters. The SMILES string of the molecule is CC(C)=CCC[C@@H](C)[C@@H]1CC[C@]2(C)C3=C(CC[C@@]12C)[C@@]1(C)CC[C@H](O)C(C)(C)C1CC3=O. The van der Waals surface area contributed by atoms with E-state index in [9.17, 15) is 9.90 Å². The molecule has 0 amide bonds. The summed E-state index contributed by atoms with van der Waals surface area (Å²) in [6.45, 7) is 18.7. The molecule has 0 aromatic heterocycles. The number of ketones is 1. The number of hydrogen-bond acceptors (Lipinski definition) is 2. The van der Waals surface area contributed by atoms with Gasteiger partial charge in [0.15, 0.2) is 5.78 Å². The summed E-state index contributed by atoms with van der Waals surface area (Å²) < 4.78 is 0. The molecule has 0 saturated heterocycles. The summed E-state index contributed by atoms with van der Waals surface area (Å²) in [5, 5.41) is 10.8.